The molecule has 3 N–H and O–H groups in total. The molecule has 0 radical (unpaired) electrons. The first-order valence-corrected chi connectivity index (χ1v) is 8.96. The van der Waals surface area contributed by atoms with Crippen molar-refractivity contribution in [1.82, 2.24) is 20.6 Å². The summed E-state index contributed by atoms with van der Waals surface area (Å²) in [6, 6.07) is 7.16. The van der Waals surface area contributed by atoms with Crippen molar-refractivity contribution in [2.45, 2.75) is 25.3 Å². The van der Waals surface area contributed by atoms with Crippen LogP contribution in [0.2, 0.25) is 0 Å². The van der Waals surface area contributed by atoms with E-state index >= 15 is 0 Å². The summed E-state index contributed by atoms with van der Waals surface area (Å²) in [6.07, 6.45) is 4.37. The molecule has 10 nitrogen and oxygen atoms in total. The summed E-state index contributed by atoms with van der Waals surface area (Å²) in [6.45, 7) is 0.416. The number of methoxy groups -OCH3 is 1. The molecule has 2 heterocycles. The van der Waals surface area contributed by atoms with E-state index in [1.54, 1.807) is 24.4 Å². The predicted octanol–water partition coefficient (Wildman–Crippen LogP) is 2.01. The van der Waals surface area contributed by atoms with E-state index in [4.69, 9.17) is 10.3 Å². The first kappa shape index (κ1) is 21.6. The van der Waals surface area contributed by atoms with E-state index in [0.29, 0.717) is 31.5 Å². The van der Waals surface area contributed by atoms with Gasteiger partial charge in [0.15, 0.2) is 5.82 Å². The highest BCUT2D eigenvalue weighted by atomic mass is 16.5. The first-order chi connectivity index (χ1) is 14.0. The van der Waals surface area contributed by atoms with Gasteiger partial charge in [0.25, 0.3) is 11.8 Å². The van der Waals surface area contributed by atoms with Gasteiger partial charge in [-0.3, -0.25) is 14.6 Å². The Kier molecular flexibility index (Phi) is 8.36. The van der Waals surface area contributed by atoms with Crippen LogP contribution in [-0.4, -0.2) is 47.4 Å². The minimum absolute atomic E-state index is 0.179. The second-order valence-electron chi connectivity index (χ2n) is 6.03. The number of hydrogen-bond acceptors (Lipinski definition) is 8. The van der Waals surface area contributed by atoms with Gasteiger partial charge in [0, 0.05) is 18.9 Å². The van der Waals surface area contributed by atoms with Crippen LogP contribution in [0.4, 0.5) is 5.82 Å². The van der Waals surface area contributed by atoms with Crippen molar-refractivity contribution in [2.75, 3.05) is 13.7 Å². The Morgan fingerprint density at radius 1 is 1.14 bits per heavy atom. The van der Waals surface area contributed by atoms with Gasteiger partial charge >= 0.3 is 5.97 Å². The molecule has 0 saturated heterocycles. The van der Waals surface area contributed by atoms with Crippen molar-refractivity contribution in [1.29, 1.82) is 5.53 Å². The number of rotatable bonds is 10. The molecule has 0 saturated carbocycles. The summed E-state index contributed by atoms with van der Waals surface area (Å²) in [4.78, 5) is 44.0. The maximum Gasteiger partial charge on any atom is 0.328 e. The molecule has 1 unspecified atom stereocenters. The Hall–Kier alpha value is -3.69. The average molecular weight is 398 g/mol. The molecule has 10 heteroatoms. The summed E-state index contributed by atoms with van der Waals surface area (Å²) in [5.41, 5.74) is 7.45. The maximum atomic E-state index is 12.3. The SMILES string of the molecule is COC(=O)C(CCCCNC(=O)c1ccccn1)NC(=O)c1ccc(N=N)nc1. The molecule has 2 rings (SSSR count). The van der Waals surface area contributed by atoms with Gasteiger partial charge in [-0.25, -0.2) is 15.3 Å². The first-order valence-electron chi connectivity index (χ1n) is 8.96. The number of esters is 1. The molecule has 152 valence electrons. The van der Waals surface area contributed by atoms with Crippen LogP contribution in [0.3, 0.4) is 0 Å². The third-order valence-corrected chi connectivity index (χ3v) is 4.02. The minimum atomic E-state index is -0.820. The molecule has 29 heavy (non-hydrogen) atoms. The molecule has 2 amide bonds. The summed E-state index contributed by atoms with van der Waals surface area (Å²) >= 11 is 0. The van der Waals surface area contributed by atoms with Crippen LogP contribution in [0.15, 0.2) is 47.8 Å². The van der Waals surface area contributed by atoms with Gasteiger partial charge in [0.2, 0.25) is 0 Å². The molecule has 2 aromatic heterocycles. The van der Waals surface area contributed by atoms with Gasteiger partial charge in [-0.2, -0.15) is 0 Å². The van der Waals surface area contributed by atoms with E-state index in [2.05, 4.69) is 25.7 Å². The van der Waals surface area contributed by atoms with Crippen molar-refractivity contribution in [2.24, 2.45) is 5.11 Å². The van der Waals surface area contributed by atoms with E-state index in [1.807, 2.05) is 0 Å². The number of nitrogens with zero attached hydrogens (tertiary/aromatic N) is 3. The summed E-state index contributed by atoms with van der Waals surface area (Å²) in [5, 5.41) is 8.54. The third kappa shape index (κ3) is 6.76. The van der Waals surface area contributed by atoms with Crippen molar-refractivity contribution >= 4 is 23.6 Å². The zero-order chi connectivity index (χ0) is 21.1. The quantitative estimate of drug-likeness (QED) is 0.317. The number of hydrogen-bond donors (Lipinski definition) is 3. The number of aromatic nitrogens is 2. The van der Waals surface area contributed by atoms with Crippen LogP contribution < -0.4 is 10.6 Å². The number of ether oxygens (including phenoxy) is 1. The number of unbranched alkanes of at least 4 members (excludes halogenated alkanes) is 1. The molecule has 0 aliphatic rings. The summed E-state index contributed by atoms with van der Waals surface area (Å²) in [7, 11) is 1.25. The number of carbonyl (C=O) groups excluding carboxylic acids is 3. The van der Waals surface area contributed by atoms with Gasteiger partial charge in [-0.1, -0.05) is 6.07 Å². The highest BCUT2D eigenvalue weighted by molar-refractivity contribution is 5.96. The van der Waals surface area contributed by atoms with E-state index in [1.165, 1.54) is 25.4 Å². The van der Waals surface area contributed by atoms with Gasteiger partial charge < -0.3 is 15.4 Å². The fourth-order valence-electron chi connectivity index (χ4n) is 2.48. The second-order valence-corrected chi connectivity index (χ2v) is 6.03. The Morgan fingerprint density at radius 2 is 1.97 bits per heavy atom. The van der Waals surface area contributed by atoms with E-state index < -0.39 is 17.9 Å². The Morgan fingerprint density at radius 3 is 2.59 bits per heavy atom. The number of nitrogens with one attached hydrogen (secondary N) is 3. The normalized spacial score (nSPS) is 11.2. The number of pyridine rings is 2. The van der Waals surface area contributed by atoms with Gasteiger partial charge in [0.1, 0.15) is 11.7 Å². The van der Waals surface area contributed by atoms with Crippen LogP contribution in [-0.2, 0) is 9.53 Å². The minimum Gasteiger partial charge on any atom is -0.467 e. The lowest BCUT2D eigenvalue weighted by atomic mass is 10.1. The van der Waals surface area contributed by atoms with Gasteiger partial charge in [-0.05, 0) is 43.5 Å². The molecule has 0 aliphatic heterocycles. The maximum absolute atomic E-state index is 12.3. The van der Waals surface area contributed by atoms with Crippen molar-refractivity contribution in [3.05, 3.63) is 54.0 Å². The summed E-state index contributed by atoms with van der Waals surface area (Å²) < 4.78 is 4.75. The smallest absolute Gasteiger partial charge is 0.328 e. The van der Waals surface area contributed by atoms with E-state index in [-0.39, 0.29) is 17.3 Å². The highest BCUT2D eigenvalue weighted by Gasteiger charge is 2.22. The standard InChI is InChI=1S/C19H22N6O4/c1-29-19(28)15(24-17(26)13-8-9-16(25-20)23-12-13)7-3-5-11-22-18(27)14-6-2-4-10-21-14/h2,4,6,8-10,12,15,20H,3,5,7,11H2,1H3,(H,22,27)(H,24,26). The topological polar surface area (TPSA) is 146 Å². The zero-order valence-electron chi connectivity index (χ0n) is 15.9. The Balaban J connectivity index is 1.80. The zero-order valence-corrected chi connectivity index (χ0v) is 15.9. The molecule has 0 bridgehead atoms. The monoisotopic (exact) mass is 398 g/mol. The second kappa shape index (κ2) is 11.2. The molecule has 2 aromatic rings. The van der Waals surface area contributed by atoms with E-state index in [9.17, 15) is 14.4 Å². The van der Waals surface area contributed by atoms with Crippen LogP contribution in [0, 0.1) is 5.53 Å². The largest absolute Gasteiger partial charge is 0.467 e. The lowest BCUT2D eigenvalue weighted by molar-refractivity contribution is -0.143. The Bertz CT molecular complexity index is 842. The summed E-state index contributed by atoms with van der Waals surface area (Å²) in [5.74, 6) is -1.12. The number of carbonyl (C=O) groups is 3. The van der Waals surface area contributed by atoms with Crippen molar-refractivity contribution in [3.8, 4) is 0 Å². The molecular formula is C19H22N6O4. The van der Waals surface area contributed by atoms with E-state index in [0.717, 1.165) is 0 Å². The molecule has 0 aromatic carbocycles. The van der Waals surface area contributed by atoms with Crippen molar-refractivity contribution in [3.63, 3.8) is 0 Å². The molecule has 1 atom stereocenters. The van der Waals surface area contributed by atoms with Crippen LogP contribution >= 0.6 is 0 Å². The number of amides is 2. The van der Waals surface area contributed by atoms with Gasteiger partial charge in [-0.15, -0.1) is 5.11 Å². The molecule has 0 fully saturated rings. The van der Waals surface area contributed by atoms with Crippen molar-refractivity contribution < 1.29 is 19.1 Å². The average Bonchev–Trinajstić information content (AvgIpc) is 2.77. The van der Waals surface area contributed by atoms with Crippen LogP contribution in [0.25, 0.3) is 0 Å². The molecule has 0 spiro atoms. The lowest BCUT2D eigenvalue weighted by Crippen LogP contribution is -2.41. The fourth-order valence-corrected chi connectivity index (χ4v) is 2.48. The Labute approximate surface area is 167 Å². The van der Waals surface area contributed by atoms with Gasteiger partial charge in [0.05, 0.1) is 12.7 Å². The third-order valence-electron chi connectivity index (χ3n) is 4.02. The predicted molar refractivity (Wildman–Crippen MR) is 103 cm³/mol. The lowest BCUT2D eigenvalue weighted by Gasteiger charge is -2.16. The van der Waals surface area contributed by atoms with Crippen LogP contribution in [0.1, 0.15) is 40.1 Å². The molecular weight excluding hydrogens is 376 g/mol. The highest BCUT2D eigenvalue weighted by Crippen LogP contribution is 2.09. The molecule has 0 aliphatic carbocycles. The fraction of sp³-hybridized carbons (Fsp3) is 0.316. The van der Waals surface area contributed by atoms with Crippen LogP contribution in [0.5, 0.6) is 0 Å².